The zero-order valence-corrected chi connectivity index (χ0v) is 21.9. The molecule has 0 radical (unpaired) electrons. The van der Waals surface area contributed by atoms with Gasteiger partial charge >= 0.3 is 12.1 Å². The van der Waals surface area contributed by atoms with Crippen molar-refractivity contribution in [2.45, 2.75) is 38.0 Å². The van der Waals surface area contributed by atoms with Crippen LogP contribution in [-0.4, -0.2) is 80.4 Å². The number of phenols is 1. The summed E-state index contributed by atoms with van der Waals surface area (Å²) >= 11 is 0. The second kappa shape index (κ2) is 12.3. The summed E-state index contributed by atoms with van der Waals surface area (Å²) in [5.41, 5.74) is 1.01. The second-order valence-electron chi connectivity index (χ2n) is 10.0. The largest absolute Gasteiger partial charge is 0.504 e. The first-order valence-electron chi connectivity index (χ1n) is 13.0. The summed E-state index contributed by atoms with van der Waals surface area (Å²) in [5.74, 6) is 0.578. The van der Waals surface area contributed by atoms with Crippen LogP contribution in [0.4, 0.5) is 18.9 Å². The number of ether oxygens (including phenoxy) is 2. The van der Waals surface area contributed by atoms with Gasteiger partial charge < -0.3 is 19.5 Å². The van der Waals surface area contributed by atoms with E-state index >= 15 is 0 Å². The number of likely N-dealkylation sites (tertiary alicyclic amines) is 1. The third-order valence-electron chi connectivity index (χ3n) is 7.70. The van der Waals surface area contributed by atoms with Crippen molar-refractivity contribution < 1.29 is 32.5 Å². The van der Waals surface area contributed by atoms with E-state index in [1.54, 1.807) is 12.1 Å². The molecule has 0 aliphatic carbocycles. The van der Waals surface area contributed by atoms with Gasteiger partial charge in [-0.15, -0.1) is 0 Å². The van der Waals surface area contributed by atoms with Crippen LogP contribution in [0.15, 0.2) is 42.5 Å². The normalized spacial score (nSPS) is 21.3. The Bertz CT molecular complexity index is 1090. The molecule has 2 aliphatic rings. The third-order valence-corrected chi connectivity index (χ3v) is 7.70. The fourth-order valence-corrected chi connectivity index (χ4v) is 5.68. The van der Waals surface area contributed by atoms with Crippen molar-refractivity contribution >= 4 is 11.7 Å². The highest BCUT2D eigenvalue weighted by Gasteiger charge is 2.36. The average Bonchev–Trinajstić information content (AvgIpc) is 2.92. The fourth-order valence-electron chi connectivity index (χ4n) is 5.68. The van der Waals surface area contributed by atoms with Crippen LogP contribution in [0, 0.1) is 5.92 Å². The number of methoxy groups -OCH3 is 2. The highest BCUT2D eigenvalue weighted by molar-refractivity contribution is 5.69. The van der Waals surface area contributed by atoms with Crippen molar-refractivity contribution in [2.75, 3.05) is 58.4 Å². The molecule has 0 saturated carbocycles. The summed E-state index contributed by atoms with van der Waals surface area (Å²) < 4.78 is 49.7. The average molecular weight is 536 g/mol. The van der Waals surface area contributed by atoms with Gasteiger partial charge in [-0.3, -0.25) is 14.6 Å². The molecule has 7 nitrogen and oxygen atoms in total. The van der Waals surface area contributed by atoms with Gasteiger partial charge in [-0.1, -0.05) is 12.1 Å². The topological polar surface area (TPSA) is 65.5 Å². The first-order valence-corrected chi connectivity index (χ1v) is 13.0. The van der Waals surface area contributed by atoms with E-state index in [1.807, 2.05) is 17.0 Å². The Balaban J connectivity index is 1.40. The maximum absolute atomic E-state index is 13.2. The molecule has 2 saturated heterocycles. The lowest BCUT2D eigenvalue weighted by atomic mass is 9.86. The Labute approximate surface area is 221 Å². The molecule has 1 N–H and O–H groups in total. The predicted octanol–water partition coefficient (Wildman–Crippen LogP) is 4.39. The van der Waals surface area contributed by atoms with Crippen LogP contribution in [0.1, 0.15) is 30.4 Å². The molecule has 2 aromatic rings. The number of carbonyl (C=O) groups excluding carboxylic acids is 1. The van der Waals surface area contributed by atoms with E-state index in [2.05, 4.69) is 9.80 Å². The molecule has 208 valence electrons. The number of piperidine rings is 1. The van der Waals surface area contributed by atoms with E-state index in [0.717, 1.165) is 44.2 Å². The lowest BCUT2D eigenvalue weighted by molar-refractivity contribution is -0.141. The standard InChI is InChI=1S/C28H36F3N3O4/c1-37-26-16-20(6-8-25(26)35)18-32-11-10-24(21(19-32)7-9-27(36)38-2)34-14-12-33(13-15-34)23-5-3-4-22(17-23)28(29,30)31/h3-6,8,16-17,21,24,35H,7,9-15,18-19H2,1-2H3/t21-,24+/m0/s1. The number of halogens is 3. The van der Waals surface area contributed by atoms with Crippen molar-refractivity contribution in [1.82, 2.24) is 9.80 Å². The van der Waals surface area contributed by atoms with Crippen molar-refractivity contribution in [3.8, 4) is 11.5 Å². The molecule has 2 atom stereocenters. The van der Waals surface area contributed by atoms with Crippen LogP contribution in [-0.2, 0) is 22.3 Å². The maximum Gasteiger partial charge on any atom is 0.416 e. The molecule has 4 rings (SSSR count). The zero-order valence-electron chi connectivity index (χ0n) is 21.9. The van der Waals surface area contributed by atoms with Gasteiger partial charge in [0.05, 0.1) is 19.8 Å². The monoisotopic (exact) mass is 535 g/mol. The van der Waals surface area contributed by atoms with Crippen molar-refractivity contribution in [3.05, 3.63) is 53.6 Å². The smallest absolute Gasteiger partial charge is 0.416 e. The van der Waals surface area contributed by atoms with E-state index in [0.29, 0.717) is 43.9 Å². The number of carbonyl (C=O) groups is 1. The summed E-state index contributed by atoms with van der Waals surface area (Å²) in [5, 5.41) is 9.91. The number of hydrogen-bond donors (Lipinski definition) is 1. The van der Waals surface area contributed by atoms with Crippen molar-refractivity contribution in [1.29, 1.82) is 0 Å². The molecule has 0 aromatic heterocycles. The molecule has 0 bridgehead atoms. The molecule has 10 heteroatoms. The van der Waals surface area contributed by atoms with Gasteiger partial charge in [-0.25, -0.2) is 0 Å². The quantitative estimate of drug-likeness (QED) is 0.503. The molecule has 2 aromatic carbocycles. The number of anilines is 1. The Morgan fingerprint density at radius 1 is 1.05 bits per heavy atom. The lowest BCUT2D eigenvalue weighted by Crippen LogP contribution is -2.56. The van der Waals surface area contributed by atoms with Crippen LogP contribution in [0.5, 0.6) is 11.5 Å². The number of aromatic hydroxyl groups is 1. The second-order valence-corrected chi connectivity index (χ2v) is 10.0. The van der Waals surface area contributed by atoms with E-state index in [4.69, 9.17) is 9.47 Å². The lowest BCUT2D eigenvalue weighted by Gasteiger charge is -2.47. The van der Waals surface area contributed by atoms with Gasteiger partial charge in [0, 0.05) is 57.4 Å². The highest BCUT2D eigenvalue weighted by atomic mass is 19.4. The van der Waals surface area contributed by atoms with E-state index < -0.39 is 11.7 Å². The first kappa shape index (κ1) is 28.0. The minimum absolute atomic E-state index is 0.107. The number of rotatable bonds is 8. The number of alkyl halides is 3. The molecule has 38 heavy (non-hydrogen) atoms. The van der Waals surface area contributed by atoms with Gasteiger partial charge in [-0.05, 0) is 61.2 Å². The van der Waals surface area contributed by atoms with Crippen LogP contribution in [0.2, 0.25) is 0 Å². The summed E-state index contributed by atoms with van der Waals surface area (Å²) in [7, 11) is 2.93. The van der Waals surface area contributed by atoms with Gasteiger partial charge in [0.1, 0.15) is 0 Å². The highest BCUT2D eigenvalue weighted by Crippen LogP contribution is 2.33. The number of phenolic OH excluding ortho intramolecular Hbond substituents is 1. The molecular formula is C28H36F3N3O4. The summed E-state index contributed by atoms with van der Waals surface area (Å²) in [6, 6.07) is 11.2. The number of nitrogens with zero attached hydrogens (tertiary/aromatic N) is 3. The van der Waals surface area contributed by atoms with Gasteiger partial charge in [0.2, 0.25) is 0 Å². The zero-order chi connectivity index (χ0) is 27.3. The minimum atomic E-state index is -4.36. The van der Waals surface area contributed by atoms with Gasteiger partial charge in [-0.2, -0.15) is 13.2 Å². The molecule has 2 heterocycles. The first-order chi connectivity index (χ1) is 18.2. The Morgan fingerprint density at radius 2 is 1.82 bits per heavy atom. The van der Waals surface area contributed by atoms with E-state index in [-0.39, 0.29) is 23.7 Å². The number of esters is 1. The molecular weight excluding hydrogens is 499 g/mol. The van der Waals surface area contributed by atoms with Crippen molar-refractivity contribution in [2.24, 2.45) is 5.92 Å². The molecule has 2 aliphatic heterocycles. The Kier molecular flexibility index (Phi) is 9.04. The Morgan fingerprint density at radius 3 is 2.50 bits per heavy atom. The van der Waals surface area contributed by atoms with Crippen LogP contribution >= 0.6 is 0 Å². The molecule has 0 amide bonds. The number of piperazine rings is 1. The van der Waals surface area contributed by atoms with Gasteiger partial charge in [0.25, 0.3) is 0 Å². The van der Waals surface area contributed by atoms with Gasteiger partial charge in [0.15, 0.2) is 11.5 Å². The SMILES string of the molecule is COC(=O)CC[C@H]1CN(Cc2ccc(O)c(OC)c2)CC[C@H]1N1CCN(c2cccc(C(F)(F)F)c2)CC1. The van der Waals surface area contributed by atoms with Crippen LogP contribution < -0.4 is 9.64 Å². The summed E-state index contributed by atoms with van der Waals surface area (Å²) in [6.07, 6.45) is -2.36. The third kappa shape index (κ3) is 6.91. The molecule has 2 fully saturated rings. The van der Waals surface area contributed by atoms with E-state index in [9.17, 15) is 23.1 Å². The maximum atomic E-state index is 13.2. The minimum Gasteiger partial charge on any atom is -0.504 e. The summed E-state index contributed by atoms with van der Waals surface area (Å²) in [4.78, 5) is 18.8. The van der Waals surface area contributed by atoms with E-state index in [1.165, 1.54) is 26.4 Å². The number of hydrogen-bond acceptors (Lipinski definition) is 7. The fraction of sp³-hybridized carbons (Fsp3) is 0.536. The summed E-state index contributed by atoms with van der Waals surface area (Å²) in [6.45, 7) is 5.23. The van der Waals surface area contributed by atoms with Crippen LogP contribution in [0.25, 0.3) is 0 Å². The van der Waals surface area contributed by atoms with Crippen molar-refractivity contribution in [3.63, 3.8) is 0 Å². The molecule has 0 unspecified atom stereocenters. The Hall–Kier alpha value is -2.98. The van der Waals surface area contributed by atoms with Crippen LogP contribution in [0.3, 0.4) is 0 Å². The molecule has 0 spiro atoms. The number of benzene rings is 2. The predicted molar refractivity (Wildman–Crippen MR) is 138 cm³/mol.